The minimum absolute atomic E-state index is 0.0318. The second-order valence-electron chi connectivity index (χ2n) is 3.56. The van der Waals surface area contributed by atoms with Gasteiger partial charge in [0.25, 0.3) is 0 Å². The Bertz CT molecular complexity index is 299. The Kier molecular flexibility index (Phi) is 10.3. The summed E-state index contributed by atoms with van der Waals surface area (Å²) in [4.78, 5) is 22.4. The normalized spacial score (nSPS) is 9.00. The van der Waals surface area contributed by atoms with Crippen molar-refractivity contribution in [2.24, 2.45) is 0 Å². The summed E-state index contributed by atoms with van der Waals surface area (Å²) in [7, 11) is 0. The Hall–Kier alpha value is -1.94. The predicted octanol–water partition coefficient (Wildman–Crippen LogP) is 1.68. The maximum absolute atomic E-state index is 11.2. The van der Waals surface area contributed by atoms with E-state index in [1.54, 1.807) is 0 Å². The van der Waals surface area contributed by atoms with Crippen molar-refractivity contribution in [1.82, 2.24) is 0 Å². The van der Waals surface area contributed by atoms with E-state index >= 15 is 0 Å². The lowest BCUT2D eigenvalue weighted by atomic mass is 10.3. The summed E-state index contributed by atoms with van der Waals surface area (Å²) in [6.45, 7) is 0.584. The first-order valence-electron chi connectivity index (χ1n) is 5.89. The Morgan fingerprint density at radius 3 is 1.56 bits per heavy atom. The molecule has 0 radical (unpaired) electrons. The highest BCUT2D eigenvalue weighted by Gasteiger charge is 2.08. The number of carbonyl (C=O) groups is 2. The van der Waals surface area contributed by atoms with Crippen LogP contribution in [-0.2, 0) is 19.1 Å². The van der Waals surface area contributed by atoms with E-state index in [9.17, 15) is 9.59 Å². The highest BCUT2D eigenvalue weighted by molar-refractivity contribution is 5.77. The predicted molar refractivity (Wildman–Crippen MR) is 67.3 cm³/mol. The van der Waals surface area contributed by atoms with E-state index in [1.165, 1.54) is 0 Å². The molecule has 4 nitrogen and oxygen atoms in total. The van der Waals surface area contributed by atoms with Crippen molar-refractivity contribution in [2.75, 3.05) is 13.2 Å². The number of hydrogen-bond acceptors (Lipinski definition) is 4. The first kappa shape index (κ1) is 16.1. The zero-order valence-corrected chi connectivity index (χ0v) is 10.4. The average Bonchev–Trinajstić information content (AvgIpc) is 2.37. The van der Waals surface area contributed by atoms with Crippen LogP contribution >= 0.6 is 0 Å². The average molecular weight is 250 g/mol. The van der Waals surface area contributed by atoms with Crippen LogP contribution in [0.5, 0.6) is 0 Å². The Labute approximate surface area is 108 Å². The van der Waals surface area contributed by atoms with Crippen LogP contribution in [0.2, 0.25) is 0 Å². The SMILES string of the molecule is C#CCCCOC(=O)CCC(=O)OCCCC#C. The van der Waals surface area contributed by atoms with Gasteiger partial charge in [-0.3, -0.25) is 9.59 Å². The first-order valence-corrected chi connectivity index (χ1v) is 5.89. The van der Waals surface area contributed by atoms with Gasteiger partial charge in [-0.2, -0.15) is 0 Å². The molecular formula is C14H18O4. The van der Waals surface area contributed by atoms with Crippen molar-refractivity contribution < 1.29 is 19.1 Å². The number of unbranched alkanes of at least 4 members (excludes halogenated alkanes) is 2. The maximum Gasteiger partial charge on any atom is 0.306 e. The van der Waals surface area contributed by atoms with Gasteiger partial charge in [-0.25, -0.2) is 0 Å². The zero-order chi connectivity index (χ0) is 13.6. The molecule has 0 aliphatic carbocycles. The van der Waals surface area contributed by atoms with Crippen LogP contribution in [0.4, 0.5) is 0 Å². The Morgan fingerprint density at radius 1 is 0.833 bits per heavy atom. The standard InChI is InChI=1S/C14H18O4/c1-3-5-7-11-17-13(15)9-10-14(16)18-12-8-6-4-2/h1-2H,5-12H2. The zero-order valence-electron chi connectivity index (χ0n) is 10.4. The number of hydrogen-bond donors (Lipinski definition) is 0. The molecule has 0 aromatic rings. The molecule has 0 aromatic heterocycles. The first-order chi connectivity index (χ1) is 8.70. The summed E-state index contributed by atoms with van der Waals surface area (Å²) >= 11 is 0. The topological polar surface area (TPSA) is 52.6 Å². The molecule has 98 valence electrons. The number of esters is 2. The van der Waals surface area contributed by atoms with Gasteiger partial charge in [0, 0.05) is 12.8 Å². The van der Waals surface area contributed by atoms with E-state index in [1.807, 2.05) is 0 Å². The molecule has 0 amide bonds. The molecule has 0 aliphatic heterocycles. The van der Waals surface area contributed by atoms with Crippen LogP contribution in [-0.4, -0.2) is 25.2 Å². The molecule has 0 fully saturated rings. The third-order valence-electron chi connectivity index (χ3n) is 1.99. The van der Waals surface area contributed by atoms with E-state index in [2.05, 4.69) is 11.8 Å². The molecule has 4 heteroatoms. The van der Waals surface area contributed by atoms with Gasteiger partial charge in [0.05, 0.1) is 26.1 Å². The fourth-order valence-electron chi connectivity index (χ4n) is 1.07. The second kappa shape index (κ2) is 11.5. The summed E-state index contributed by atoms with van der Waals surface area (Å²) in [6, 6.07) is 0. The smallest absolute Gasteiger partial charge is 0.306 e. The number of terminal acetylenes is 2. The lowest BCUT2D eigenvalue weighted by Crippen LogP contribution is -2.11. The lowest BCUT2D eigenvalue weighted by Gasteiger charge is -2.04. The molecule has 0 rings (SSSR count). The van der Waals surface area contributed by atoms with Gasteiger partial charge in [0.1, 0.15) is 0 Å². The number of carbonyl (C=O) groups excluding carboxylic acids is 2. The van der Waals surface area contributed by atoms with Crippen molar-refractivity contribution in [3.8, 4) is 24.7 Å². The van der Waals surface area contributed by atoms with Crippen LogP contribution in [0, 0.1) is 24.7 Å². The van der Waals surface area contributed by atoms with Crippen molar-refractivity contribution in [2.45, 2.75) is 38.5 Å². The molecule has 0 aromatic carbocycles. The van der Waals surface area contributed by atoms with Crippen molar-refractivity contribution in [3.63, 3.8) is 0 Å². The Balaban J connectivity index is 3.45. The molecule has 0 bridgehead atoms. The van der Waals surface area contributed by atoms with Crippen LogP contribution in [0.1, 0.15) is 38.5 Å². The van der Waals surface area contributed by atoms with Gasteiger partial charge in [-0.1, -0.05) is 0 Å². The third kappa shape index (κ3) is 10.6. The molecule has 0 heterocycles. The maximum atomic E-state index is 11.2. The van der Waals surface area contributed by atoms with Crippen molar-refractivity contribution >= 4 is 11.9 Å². The lowest BCUT2D eigenvalue weighted by molar-refractivity contribution is -0.150. The quantitative estimate of drug-likeness (QED) is 0.355. The summed E-state index contributed by atoms with van der Waals surface area (Å²) < 4.78 is 9.74. The number of rotatable bonds is 9. The van der Waals surface area contributed by atoms with Crippen molar-refractivity contribution in [3.05, 3.63) is 0 Å². The fraction of sp³-hybridized carbons (Fsp3) is 0.571. The summed E-state index contributed by atoms with van der Waals surface area (Å²) in [5, 5.41) is 0. The number of ether oxygens (including phenoxy) is 2. The summed E-state index contributed by atoms with van der Waals surface area (Å²) in [6.07, 6.45) is 12.6. The molecule has 0 N–H and O–H groups in total. The molecule has 0 saturated heterocycles. The van der Waals surface area contributed by atoms with E-state index in [0.717, 1.165) is 0 Å². The van der Waals surface area contributed by atoms with Crippen molar-refractivity contribution in [1.29, 1.82) is 0 Å². The van der Waals surface area contributed by atoms with Crippen LogP contribution < -0.4 is 0 Å². The molecule has 0 spiro atoms. The molecular weight excluding hydrogens is 232 g/mol. The molecule has 0 saturated carbocycles. The minimum atomic E-state index is -0.410. The van der Waals surface area contributed by atoms with Gasteiger partial charge in [-0.05, 0) is 12.8 Å². The van der Waals surface area contributed by atoms with Gasteiger partial charge < -0.3 is 9.47 Å². The molecule has 0 aliphatic rings. The fourth-order valence-corrected chi connectivity index (χ4v) is 1.07. The van der Waals surface area contributed by atoms with E-state index in [-0.39, 0.29) is 12.8 Å². The van der Waals surface area contributed by atoms with Gasteiger partial charge in [0.15, 0.2) is 0 Å². The van der Waals surface area contributed by atoms with Crippen LogP contribution in [0.15, 0.2) is 0 Å². The van der Waals surface area contributed by atoms with E-state index in [4.69, 9.17) is 22.3 Å². The highest BCUT2D eigenvalue weighted by atomic mass is 16.5. The minimum Gasteiger partial charge on any atom is -0.466 e. The molecule has 0 atom stereocenters. The second-order valence-corrected chi connectivity index (χ2v) is 3.56. The van der Waals surface area contributed by atoms with Gasteiger partial charge in [0.2, 0.25) is 0 Å². The van der Waals surface area contributed by atoms with E-state index in [0.29, 0.717) is 38.9 Å². The van der Waals surface area contributed by atoms with Crippen LogP contribution in [0.25, 0.3) is 0 Å². The highest BCUT2D eigenvalue weighted by Crippen LogP contribution is 1.99. The van der Waals surface area contributed by atoms with E-state index < -0.39 is 11.9 Å². The summed E-state index contributed by atoms with van der Waals surface area (Å²) in [5.41, 5.74) is 0. The Morgan fingerprint density at radius 2 is 1.22 bits per heavy atom. The summed E-state index contributed by atoms with van der Waals surface area (Å²) in [5.74, 6) is 4.07. The van der Waals surface area contributed by atoms with Crippen LogP contribution in [0.3, 0.4) is 0 Å². The largest absolute Gasteiger partial charge is 0.466 e. The van der Waals surface area contributed by atoms with Gasteiger partial charge in [-0.15, -0.1) is 24.7 Å². The van der Waals surface area contributed by atoms with Gasteiger partial charge >= 0.3 is 11.9 Å². The molecule has 0 unspecified atom stereocenters. The third-order valence-corrected chi connectivity index (χ3v) is 1.99. The molecule has 18 heavy (non-hydrogen) atoms. The monoisotopic (exact) mass is 250 g/mol.